The van der Waals surface area contributed by atoms with Gasteiger partial charge in [-0.05, 0) is 28.7 Å². The first kappa shape index (κ1) is 12.7. The average molecular weight is 336 g/mol. The lowest BCUT2D eigenvalue weighted by Gasteiger charge is -2.11. The maximum atomic E-state index is 11.3. The second-order valence-electron chi connectivity index (χ2n) is 3.11. The topological polar surface area (TPSA) is 72.7 Å². The van der Waals surface area contributed by atoms with Gasteiger partial charge in [0.2, 0.25) is 0 Å². The van der Waals surface area contributed by atoms with Crippen LogP contribution in [0.1, 0.15) is 0 Å². The fraction of sp³-hybridized carbons (Fsp3) is 0.222. The van der Waals surface area contributed by atoms with Gasteiger partial charge in [0.15, 0.2) is 5.75 Å². The second-order valence-corrected chi connectivity index (χ2v) is 4.19. The molecule has 1 rings (SSSR count). The number of nitrogens with zero attached hydrogens (tertiary/aromatic N) is 2. The zero-order valence-corrected chi connectivity index (χ0v) is 10.8. The van der Waals surface area contributed by atoms with Crippen LogP contribution >= 0.6 is 22.6 Å². The summed E-state index contributed by atoms with van der Waals surface area (Å²) in [5, 5.41) is 10.6. The van der Waals surface area contributed by atoms with E-state index < -0.39 is 11.0 Å². The molecule has 86 valence electrons. The van der Waals surface area contributed by atoms with Crippen LogP contribution in [-0.4, -0.2) is 30.0 Å². The van der Waals surface area contributed by atoms with Crippen molar-refractivity contribution in [3.63, 3.8) is 0 Å². The molecule has 0 bridgehead atoms. The highest BCUT2D eigenvalue weighted by molar-refractivity contribution is 14.1. The van der Waals surface area contributed by atoms with Gasteiger partial charge in [-0.15, -0.1) is 0 Å². The number of amides is 1. The quantitative estimate of drug-likeness (QED) is 0.472. The highest BCUT2D eigenvalue weighted by Crippen LogP contribution is 2.29. The molecule has 0 N–H and O–H groups in total. The van der Waals surface area contributed by atoms with Gasteiger partial charge in [-0.3, -0.25) is 10.1 Å². The molecule has 0 saturated carbocycles. The lowest BCUT2D eigenvalue weighted by Crippen LogP contribution is -2.25. The third-order valence-electron chi connectivity index (χ3n) is 1.70. The molecule has 1 aromatic rings. The molecular weight excluding hydrogens is 327 g/mol. The van der Waals surface area contributed by atoms with Crippen molar-refractivity contribution in [3.05, 3.63) is 31.9 Å². The maximum absolute atomic E-state index is 11.3. The minimum absolute atomic E-state index is 0.0790. The number of rotatable bonds is 2. The molecule has 1 aromatic carbocycles. The number of carbonyl (C=O) groups excluding carboxylic acids is 1. The summed E-state index contributed by atoms with van der Waals surface area (Å²) in [7, 11) is 3.07. The van der Waals surface area contributed by atoms with Crippen molar-refractivity contribution in [1.82, 2.24) is 4.90 Å². The Labute approximate surface area is 105 Å². The molecule has 6 nitrogen and oxygen atoms in total. The van der Waals surface area contributed by atoms with Crippen molar-refractivity contribution in [2.75, 3.05) is 14.1 Å². The van der Waals surface area contributed by atoms with Crippen LogP contribution in [0, 0.1) is 13.7 Å². The first-order valence-corrected chi connectivity index (χ1v) is 5.33. The van der Waals surface area contributed by atoms with Gasteiger partial charge in [0.05, 0.1) is 4.92 Å². The van der Waals surface area contributed by atoms with Gasteiger partial charge >= 0.3 is 6.09 Å². The third-order valence-corrected chi connectivity index (χ3v) is 2.79. The molecule has 0 saturated heterocycles. The summed E-state index contributed by atoms with van der Waals surface area (Å²) in [6.45, 7) is 0. The van der Waals surface area contributed by atoms with Crippen LogP contribution < -0.4 is 4.74 Å². The number of halogens is 1. The van der Waals surface area contributed by atoms with Gasteiger partial charge in [-0.2, -0.15) is 0 Å². The fourth-order valence-corrected chi connectivity index (χ4v) is 1.57. The highest BCUT2D eigenvalue weighted by atomic mass is 127. The monoisotopic (exact) mass is 336 g/mol. The minimum Gasteiger partial charge on any atom is -0.409 e. The summed E-state index contributed by atoms with van der Waals surface area (Å²) in [6.07, 6.45) is -0.571. The smallest absolute Gasteiger partial charge is 0.409 e. The summed E-state index contributed by atoms with van der Waals surface area (Å²) in [6, 6.07) is 4.34. The van der Waals surface area contributed by atoms with Crippen LogP contribution in [0.4, 0.5) is 10.5 Å². The van der Waals surface area contributed by atoms with Crippen molar-refractivity contribution in [2.24, 2.45) is 0 Å². The SMILES string of the molecule is CN(C)C(=O)Oc1cccc([N+](=O)[O-])c1I. The molecular formula is C9H9IN2O4. The highest BCUT2D eigenvalue weighted by Gasteiger charge is 2.18. The van der Waals surface area contributed by atoms with Crippen molar-refractivity contribution in [3.8, 4) is 5.75 Å². The Morgan fingerprint density at radius 2 is 2.12 bits per heavy atom. The lowest BCUT2D eigenvalue weighted by atomic mass is 10.3. The lowest BCUT2D eigenvalue weighted by molar-refractivity contribution is -0.385. The minimum atomic E-state index is -0.571. The Bertz CT molecular complexity index is 434. The second kappa shape index (κ2) is 5.10. The van der Waals surface area contributed by atoms with Crippen molar-refractivity contribution in [2.45, 2.75) is 0 Å². The number of carbonyl (C=O) groups is 1. The number of hydrogen-bond donors (Lipinski definition) is 0. The summed E-state index contributed by atoms with van der Waals surface area (Å²) in [5.74, 6) is 0.188. The molecule has 0 heterocycles. The van der Waals surface area contributed by atoms with E-state index in [9.17, 15) is 14.9 Å². The Kier molecular flexibility index (Phi) is 4.05. The number of benzene rings is 1. The van der Waals surface area contributed by atoms with E-state index in [1.807, 2.05) is 0 Å². The predicted octanol–water partition coefficient (Wildman–Crippen LogP) is 2.26. The van der Waals surface area contributed by atoms with Crippen LogP contribution in [0.2, 0.25) is 0 Å². The van der Waals surface area contributed by atoms with E-state index >= 15 is 0 Å². The van der Waals surface area contributed by atoms with Gasteiger partial charge in [0.1, 0.15) is 3.57 Å². The number of nitro benzene ring substituents is 1. The Morgan fingerprint density at radius 3 is 2.62 bits per heavy atom. The van der Waals surface area contributed by atoms with E-state index in [1.54, 1.807) is 22.6 Å². The predicted molar refractivity (Wildman–Crippen MR) is 65.5 cm³/mol. The molecule has 0 spiro atoms. The van der Waals surface area contributed by atoms with Crippen LogP contribution in [0.3, 0.4) is 0 Å². The molecule has 0 aliphatic heterocycles. The van der Waals surface area contributed by atoms with Crippen LogP contribution in [0.15, 0.2) is 18.2 Å². The molecule has 0 aliphatic carbocycles. The molecule has 1 amide bonds. The fourth-order valence-electron chi connectivity index (χ4n) is 0.904. The molecule has 0 fully saturated rings. The van der Waals surface area contributed by atoms with Gasteiger partial charge < -0.3 is 9.64 Å². The summed E-state index contributed by atoms with van der Waals surface area (Å²) in [5.41, 5.74) is -0.0790. The molecule has 0 aliphatic rings. The van der Waals surface area contributed by atoms with Crippen LogP contribution in [0.25, 0.3) is 0 Å². The molecule has 7 heteroatoms. The van der Waals surface area contributed by atoms with Crippen LogP contribution in [0.5, 0.6) is 5.75 Å². The molecule has 0 unspecified atom stereocenters. The van der Waals surface area contributed by atoms with Crippen molar-refractivity contribution >= 4 is 34.4 Å². The van der Waals surface area contributed by atoms with E-state index in [0.717, 1.165) is 0 Å². The molecule has 16 heavy (non-hydrogen) atoms. The first-order chi connectivity index (χ1) is 7.43. The largest absolute Gasteiger partial charge is 0.414 e. The zero-order chi connectivity index (χ0) is 12.3. The Hall–Kier alpha value is -1.38. The maximum Gasteiger partial charge on any atom is 0.414 e. The Balaban J connectivity index is 3.02. The van der Waals surface area contributed by atoms with E-state index in [-0.39, 0.29) is 11.4 Å². The zero-order valence-electron chi connectivity index (χ0n) is 8.64. The first-order valence-electron chi connectivity index (χ1n) is 4.25. The van der Waals surface area contributed by atoms with E-state index in [2.05, 4.69) is 0 Å². The Morgan fingerprint density at radius 1 is 1.50 bits per heavy atom. The van der Waals surface area contributed by atoms with E-state index in [0.29, 0.717) is 3.57 Å². The normalized spacial score (nSPS) is 9.69. The van der Waals surface area contributed by atoms with Gasteiger partial charge in [-0.1, -0.05) is 6.07 Å². The van der Waals surface area contributed by atoms with Crippen molar-refractivity contribution in [1.29, 1.82) is 0 Å². The molecule has 0 aromatic heterocycles. The third kappa shape index (κ3) is 2.81. The van der Waals surface area contributed by atoms with Crippen LogP contribution in [-0.2, 0) is 0 Å². The van der Waals surface area contributed by atoms with E-state index in [1.165, 1.54) is 37.2 Å². The average Bonchev–Trinajstić information content (AvgIpc) is 2.20. The summed E-state index contributed by atoms with van der Waals surface area (Å²) in [4.78, 5) is 22.6. The van der Waals surface area contributed by atoms with E-state index in [4.69, 9.17) is 4.74 Å². The standard InChI is InChI=1S/C9H9IN2O4/c1-11(2)9(13)16-7-5-3-4-6(8(7)10)12(14)15/h3-5H,1-2H3. The van der Waals surface area contributed by atoms with Gasteiger partial charge in [-0.25, -0.2) is 4.79 Å². The molecule has 0 atom stereocenters. The van der Waals surface area contributed by atoms with Gasteiger partial charge in [0, 0.05) is 20.2 Å². The number of nitro groups is 1. The summed E-state index contributed by atoms with van der Waals surface area (Å²) < 4.78 is 5.28. The number of hydrogen-bond acceptors (Lipinski definition) is 4. The number of ether oxygens (including phenoxy) is 1. The van der Waals surface area contributed by atoms with Gasteiger partial charge in [0.25, 0.3) is 5.69 Å². The van der Waals surface area contributed by atoms with Crippen molar-refractivity contribution < 1.29 is 14.5 Å². The molecule has 0 radical (unpaired) electrons. The summed E-state index contributed by atoms with van der Waals surface area (Å²) >= 11 is 1.78.